The van der Waals surface area contributed by atoms with Gasteiger partial charge in [0.1, 0.15) is 12.1 Å². The Kier molecular flexibility index (Phi) is 6.49. The molecule has 2 atom stereocenters. The minimum atomic E-state index is -0.934. The average Bonchev–Trinajstić information content (AvgIpc) is 3.24. The molecule has 1 saturated heterocycles. The minimum Gasteiger partial charge on any atom is -0.460 e. The summed E-state index contributed by atoms with van der Waals surface area (Å²) in [7, 11) is 0. The Bertz CT molecular complexity index is 1050. The molecule has 1 aromatic heterocycles. The number of carbonyl (C=O) groups is 3. The molecule has 1 aromatic carbocycles. The number of amides is 2. The number of esters is 1. The van der Waals surface area contributed by atoms with E-state index >= 15 is 0 Å². The van der Waals surface area contributed by atoms with Crippen LogP contribution in [0.2, 0.25) is 0 Å². The number of para-hydroxylation sites is 2. The Morgan fingerprint density at radius 2 is 1.90 bits per heavy atom. The van der Waals surface area contributed by atoms with Crippen molar-refractivity contribution in [1.29, 1.82) is 0 Å². The van der Waals surface area contributed by atoms with E-state index in [4.69, 9.17) is 9.84 Å². The third-order valence-electron chi connectivity index (χ3n) is 5.20. The molecule has 3 rings (SSSR count). The zero-order valence-electron chi connectivity index (χ0n) is 17.9. The topological polar surface area (TPSA) is 132 Å². The Labute approximate surface area is 179 Å². The van der Waals surface area contributed by atoms with Gasteiger partial charge in [-0.1, -0.05) is 32.9 Å². The quantitative estimate of drug-likeness (QED) is 0.573. The van der Waals surface area contributed by atoms with Crippen LogP contribution < -0.4 is 16.3 Å². The number of aliphatic hydroxyl groups excluding tert-OH is 1. The van der Waals surface area contributed by atoms with Crippen molar-refractivity contribution >= 4 is 28.9 Å². The fourth-order valence-electron chi connectivity index (χ4n) is 3.64. The van der Waals surface area contributed by atoms with Gasteiger partial charge in [-0.25, -0.2) is 14.2 Å². The summed E-state index contributed by atoms with van der Waals surface area (Å²) < 4.78 is 7.64. The fraction of sp³-hybridized carbons (Fsp3) is 0.524. The van der Waals surface area contributed by atoms with E-state index in [1.807, 2.05) is 0 Å². The standard InChI is InChI=1S/C21H28N4O6/c1-21(2,3)17(18(28)22-10-11-26)23-19(29)25-15-7-5-4-6-14(15)24(20(25)30)12-13-8-9-16(27)31-13/h4-7,13,17,26H,8-12H2,1-3H3,(H,22,28)(H,23,29)/t13-,17-/m1/s1. The van der Waals surface area contributed by atoms with Crippen molar-refractivity contribution < 1.29 is 24.2 Å². The van der Waals surface area contributed by atoms with Gasteiger partial charge in [-0.05, 0) is 24.0 Å². The summed E-state index contributed by atoms with van der Waals surface area (Å²) in [5, 5.41) is 14.2. The van der Waals surface area contributed by atoms with Gasteiger partial charge in [0.25, 0.3) is 0 Å². The molecule has 1 aliphatic rings. The Morgan fingerprint density at radius 3 is 2.48 bits per heavy atom. The second-order valence-electron chi connectivity index (χ2n) is 8.63. The number of fused-ring (bicyclic) bond motifs is 1. The van der Waals surface area contributed by atoms with Gasteiger partial charge in [0.15, 0.2) is 0 Å². The molecule has 10 heteroatoms. The maximum Gasteiger partial charge on any atom is 0.337 e. The van der Waals surface area contributed by atoms with Gasteiger partial charge >= 0.3 is 17.7 Å². The van der Waals surface area contributed by atoms with Crippen LogP contribution >= 0.6 is 0 Å². The summed E-state index contributed by atoms with van der Waals surface area (Å²) in [6.45, 7) is 5.34. The van der Waals surface area contributed by atoms with E-state index in [2.05, 4.69) is 10.6 Å². The normalized spacial score (nSPS) is 17.4. The molecule has 1 aliphatic heterocycles. The molecule has 0 unspecified atom stereocenters. The van der Waals surface area contributed by atoms with Gasteiger partial charge in [-0.2, -0.15) is 0 Å². The highest BCUT2D eigenvalue weighted by atomic mass is 16.5. The summed E-state index contributed by atoms with van der Waals surface area (Å²) in [4.78, 5) is 50.3. The lowest BCUT2D eigenvalue weighted by atomic mass is 9.86. The third-order valence-corrected chi connectivity index (χ3v) is 5.20. The zero-order chi connectivity index (χ0) is 22.8. The second kappa shape index (κ2) is 8.93. The molecule has 0 spiro atoms. The number of aliphatic hydroxyl groups is 1. The number of cyclic esters (lactones) is 1. The van der Waals surface area contributed by atoms with Gasteiger partial charge in [0, 0.05) is 13.0 Å². The molecule has 2 aromatic rings. The van der Waals surface area contributed by atoms with Crippen LogP contribution in [0.25, 0.3) is 11.0 Å². The number of ether oxygens (including phenoxy) is 1. The number of hydrogen-bond acceptors (Lipinski definition) is 6. The molecular formula is C21H28N4O6. The highest BCUT2D eigenvalue weighted by Gasteiger charge is 2.34. The number of rotatable bonds is 6. The van der Waals surface area contributed by atoms with Gasteiger partial charge in [-0.3, -0.25) is 14.2 Å². The molecule has 2 heterocycles. The SMILES string of the molecule is CC(C)(C)[C@H](NC(=O)n1c(=O)n(C[C@H]2CCC(=O)O2)c2ccccc21)C(=O)NCCO. The van der Waals surface area contributed by atoms with Crippen molar-refractivity contribution in [1.82, 2.24) is 19.8 Å². The first-order valence-corrected chi connectivity index (χ1v) is 10.2. The van der Waals surface area contributed by atoms with Gasteiger partial charge in [-0.15, -0.1) is 0 Å². The first-order chi connectivity index (χ1) is 14.6. The van der Waals surface area contributed by atoms with E-state index in [0.717, 1.165) is 4.57 Å². The van der Waals surface area contributed by atoms with Crippen molar-refractivity contribution in [3.63, 3.8) is 0 Å². The number of benzene rings is 1. The van der Waals surface area contributed by atoms with Gasteiger partial charge < -0.3 is 20.5 Å². The molecule has 3 N–H and O–H groups in total. The fourth-order valence-corrected chi connectivity index (χ4v) is 3.64. The molecule has 0 aliphatic carbocycles. The molecule has 168 valence electrons. The number of nitrogens with one attached hydrogen (secondary N) is 2. The molecule has 0 saturated carbocycles. The van der Waals surface area contributed by atoms with Gasteiger partial charge in [0.05, 0.1) is 24.2 Å². The van der Waals surface area contributed by atoms with Crippen LogP contribution in [-0.2, 0) is 20.9 Å². The van der Waals surface area contributed by atoms with E-state index in [-0.39, 0.29) is 25.7 Å². The van der Waals surface area contributed by atoms with Crippen LogP contribution in [0.3, 0.4) is 0 Å². The minimum absolute atomic E-state index is 0.0562. The first-order valence-electron chi connectivity index (χ1n) is 10.2. The summed E-state index contributed by atoms with van der Waals surface area (Å²) in [5.74, 6) is -0.758. The van der Waals surface area contributed by atoms with E-state index < -0.39 is 35.2 Å². The lowest BCUT2D eigenvalue weighted by Crippen LogP contribution is -2.55. The Hall–Kier alpha value is -3.14. The number of hydrogen-bond donors (Lipinski definition) is 3. The van der Waals surface area contributed by atoms with E-state index in [1.165, 1.54) is 4.57 Å². The lowest BCUT2D eigenvalue weighted by molar-refractivity contribution is -0.141. The first kappa shape index (κ1) is 22.5. The van der Waals surface area contributed by atoms with Crippen molar-refractivity contribution in [3.8, 4) is 0 Å². The van der Waals surface area contributed by atoms with Crippen molar-refractivity contribution in [3.05, 3.63) is 34.7 Å². The van der Waals surface area contributed by atoms with Crippen molar-refractivity contribution in [2.75, 3.05) is 13.2 Å². The second-order valence-corrected chi connectivity index (χ2v) is 8.63. The molecule has 0 radical (unpaired) electrons. The molecule has 10 nitrogen and oxygen atoms in total. The number of carbonyl (C=O) groups excluding carboxylic acids is 3. The highest BCUT2D eigenvalue weighted by Crippen LogP contribution is 2.21. The molecule has 1 fully saturated rings. The van der Waals surface area contributed by atoms with E-state index in [0.29, 0.717) is 23.9 Å². The molecule has 2 amide bonds. The largest absolute Gasteiger partial charge is 0.460 e. The third kappa shape index (κ3) is 4.79. The number of aromatic nitrogens is 2. The number of nitrogens with zero attached hydrogens (tertiary/aromatic N) is 2. The van der Waals surface area contributed by atoms with E-state index in [1.54, 1.807) is 45.0 Å². The summed E-state index contributed by atoms with van der Waals surface area (Å²) in [6.07, 6.45) is 0.377. The van der Waals surface area contributed by atoms with Crippen molar-refractivity contribution in [2.24, 2.45) is 5.41 Å². The Morgan fingerprint density at radius 1 is 1.23 bits per heavy atom. The van der Waals surface area contributed by atoms with Crippen LogP contribution in [0.5, 0.6) is 0 Å². The molecular weight excluding hydrogens is 404 g/mol. The Balaban J connectivity index is 1.95. The van der Waals surface area contributed by atoms with Crippen molar-refractivity contribution in [2.45, 2.75) is 52.3 Å². The maximum absolute atomic E-state index is 13.2. The highest BCUT2D eigenvalue weighted by molar-refractivity contribution is 5.93. The smallest absolute Gasteiger partial charge is 0.337 e. The number of imidazole rings is 1. The predicted molar refractivity (Wildman–Crippen MR) is 113 cm³/mol. The monoisotopic (exact) mass is 432 g/mol. The summed E-state index contributed by atoms with van der Waals surface area (Å²) in [6, 6.07) is 5.15. The van der Waals surface area contributed by atoms with Gasteiger partial charge in [0.2, 0.25) is 5.91 Å². The predicted octanol–water partition coefficient (Wildman–Crippen LogP) is 0.590. The van der Waals surface area contributed by atoms with Crippen LogP contribution in [0.15, 0.2) is 29.1 Å². The summed E-state index contributed by atoms with van der Waals surface area (Å²) in [5.41, 5.74) is -0.305. The zero-order valence-corrected chi connectivity index (χ0v) is 17.9. The lowest BCUT2D eigenvalue weighted by Gasteiger charge is -2.30. The average molecular weight is 432 g/mol. The molecule has 0 bridgehead atoms. The van der Waals surface area contributed by atoms with Crippen LogP contribution in [0.4, 0.5) is 4.79 Å². The van der Waals surface area contributed by atoms with Crippen LogP contribution in [-0.4, -0.2) is 57.4 Å². The van der Waals surface area contributed by atoms with E-state index in [9.17, 15) is 19.2 Å². The van der Waals surface area contributed by atoms with Crippen LogP contribution in [0, 0.1) is 5.41 Å². The summed E-state index contributed by atoms with van der Waals surface area (Å²) >= 11 is 0. The maximum atomic E-state index is 13.2. The molecule has 31 heavy (non-hydrogen) atoms. The van der Waals surface area contributed by atoms with Crippen LogP contribution in [0.1, 0.15) is 33.6 Å².